The zero-order valence-corrected chi connectivity index (χ0v) is 17.1. The van der Waals surface area contributed by atoms with Crippen LogP contribution >= 0.6 is 24.8 Å². The molecule has 2 aliphatic rings. The first-order valence-corrected chi connectivity index (χ1v) is 8.68. The lowest BCUT2D eigenvalue weighted by molar-refractivity contribution is 0.279. The summed E-state index contributed by atoms with van der Waals surface area (Å²) in [4.78, 5) is 13.9. The summed E-state index contributed by atoms with van der Waals surface area (Å²) in [5.74, 6) is 3.19. The van der Waals surface area contributed by atoms with Gasteiger partial charge in [-0.05, 0) is 31.0 Å². The van der Waals surface area contributed by atoms with E-state index in [-0.39, 0.29) is 24.8 Å². The molecule has 0 aliphatic carbocycles. The van der Waals surface area contributed by atoms with Gasteiger partial charge in [0.05, 0.1) is 0 Å². The maximum absolute atomic E-state index is 4.58. The van der Waals surface area contributed by atoms with Crippen molar-refractivity contribution in [1.82, 2.24) is 14.9 Å². The van der Waals surface area contributed by atoms with Crippen molar-refractivity contribution in [2.45, 2.75) is 13.0 Å². The van der Waals surface area contributed by atoms with Crippen molar-refractivity contribution in [3.8, 4) is 0 Å². The molecule has 3 heterocycles. The van der Waals surface area contributed by atoms with Gasteiger partial charge in [0.15, 0.2) is 11.6 Å². The van der Waals surface area contributed by atoms with Gasteiger partial charge in [0, 0.05) is 51.0 Å². The molecule has 0 saturated carbocycles. The highest BCUT2D eigenvalue weighted by Crippen LogP contribution is 2.46. The molecule has 2 aromatic rings. The standard InChI is InChI=1S/C19H25N5.2ClH/c1-13-6-4-5-7-15(13)17-16-12-24(11-14(16)10-23(17)3)19-18(20-2)21-8-9-22-19;;/h4-9,14,16-17H,10-12H2,1-3H3,(H,20,21);2*1H/t14-,16+,17+;;/m0../s1. The van der Waals surface area contributed by atoms with E-state index in [0.717, 1.165) is 31.3 Å². The van der Waals surface area contributed by atoms with E-state index in [4.69, 9.17) is 0 Å². The lowest BCUT2D eigenvalue weighted by Crippen LogP contribution is -2.30. The minimum absolute atomic E-state index is 0. The second-order valence-electron chi connectivity index (χ2n) is 7.05. The van der Waals surface area contributed by atoms with Crippen LogP contribution in [0.5, 0.6) is 0 Å². The van der Waals surface area contributed by atoms with Crippen LogP contribution in [0.15, 0.2) is 36.7 Å². The van der Waals surface area contributed by atoms with Gasteiger partial charge in [0.25, 0.3) is 0 Å². The Kier molecular flexibility index (Phi) is 6.72. The number of fused-ring (bicyclic) bond motifs is 1. The van der Waals surface area contributed by atoms with E-state index in [1.807, 2.05) is 7.05 Å². The molecular weight excluding hydrogens is 369 g/mol. The van der Waals surface area contributed by atoms with Crippen LogP contribution in [0, 0.1) is 18.8 Å². The fraction of sp³-hybridized carbons (Fsp3) is 0.474. The first kappa shape index (κ1) is 20.7. The van der Waals surface area contributed by atoms with Crippen LogP contribution in [0.4, 0.5) is 11.6 Å². The molecule has 0 amide bonds. The van der Waals surface area contributed by atoms with E-state index in [9.17, 15) is 0 Å². The Hall–Kier alpha value is -1.56. The molecule has 1 aromatic carbocycles. The molecule has 142 valence electrons. The first-order chi connectivity index (χ1) is 11.7. The summed E-state index contributed by atoms with van der Waals surface area (Å²) in [5, 5.41) is 3.17. The van der Waals surface area contributed by atoms with Crippen molar-refractivity contribution < 1.29 is 0 Å². The highest BCUT2D eigenvalue weighted by atomic mass is 35.5. The number of likely N-dealkylation sites (tertiary alicyclic amines) is 1. The third-order valence-electron chi connectivity index (χ3n) is 5.62. The van der Waals surface area contributed by atoms with Crippen molar-refractivity contribution in [3.63, 3.8) is 0 Å². The van der Waals surface area contributed by atoms with Gasteiger partial charge in [-0.3, -0.25) is 4.90 Å². The second-order valence-corrected chi connectivity index (χ2v) is 7.05. The molecule has 2 saturated heterocycles. The molecular formula is C19H27Cl2N5. The zero-order valence-electron chi connectivity index (χ0n) is 15.4. The number of rotatable bonds is 3. The number of hydrogen-bond donors (Lipinski definition) is 1. The molecule has 0 bridgehead atoms. The molecule has 3 atom stereocenters. The highest BCUT2D eigenvalue weighted by molar-refractivity contribution is 5.85. The van der Waals surface area contributed by atoms with Crippen molar-refractivity contribution in [1.29, 1.82) is 0 Å². The third-order valence-corrected chi connectivity index (χ3v) is 5.62. The maximum Gasteiger partial charge on any atom is 0.171 e. The van der Waals surface area contributed by atoms with E-state index in [2.05, 4.69) is 63.3 Å². The van der Waals surface area contributed by atoms with E-state index in [1.165, 1.54) is 11.1 Å². The maximum atomic E-state index is 4.58. The van der Waals surface area contributed by atoms with Gasteiger partial charge in [-0.1, -0.05) is 24.3 Å². The van der Waals surface area contributed by atoms with E-state index in [1.54, 1.807) is 12.4 Å². The molecule has 2 aliphatic heterocycles. The second kappa shape index (κ2) is 8.42. The number of nitrogens with zero attached hydrogens (tertiary/aromatic N) is 4. The Morgan fingerprint density at radius 2 is 1.77 bits per heavy atom. The molecule has 0 spiro atoms. The quantitative estimate of drug-likeness (QED) is 0.862. The van der Waals surface area contributed by atoms with Crippen molar-refractivity contribution in [2.24, 2.45) is 11.8 Å². The topological polar surface area (TPSA) is 44.3 Å². The van der Waals surface area contributed by atoms with E-state index < -0.39 is 0 Å². The number of hydrogen-bond acceptors (Lipinski definition) is 5. The van der Waals surface area contributed by atoms with Crippen LogP contribution in [-0.4, -0.2) is 48.6 Å². The first-order valence-electron chi connectivity index (χ1n) is 8.68. The molecule has 7 heteroatoms. The summed E-state index contributed by atoms with van der Waals surface area (Å²) < 4.78 is 0. The Morgan fingerprint density at radius 1 is 1.04 bits per heavy atom. The average molecular weight is 396 g/mol. The summed E-state index contributed by atoms with van der Waals surface area (Å²) in [6.45, 7) is 5.48. The van der Waals surface area contributed by atoms with Crippen LogP contribution in [0.25, 0.3) is 0 Å². The number of anilines is 2. The normalized spacial score (nSPS) is 24.6. The van der Waals surface area contributed by atoms with Crippen LogP contribution in [-0.2, 0) is 0 Å². The summed E-state index contributed by atoms with van der Waals surface area (Å²) in [6.07, 6.45) is 3.53. The monoisotopic (exact) mass is 395 g/mol. The van der Waals surface area contributed by atoms with Gasteiger partial charge in [-0.25, -0.2) is 9.97 Å². The molecule has 0 radical (unpaired) electrons. The number of aromatic nitrogens is 2. The third kappa shape index (κ3) is 3.48. The molecule has 4 rings (SSSR count). The number of nitrogens with one attached hydrogen (secondary N) is 1. The average Bonchev–Trinajstić information content (AvgIpc) is 3.12. The fourth-order valence-electron chi connectivity index (χ4n) is 4.56. The van der Waals surface area contributed by atoms with Gasteiger partial charge in [-0.15, -0.1) is 24.8 Å². The lowest BCUT2D eigenvalue weighted by Gasteiger charge is -2.28. The highest BCUT2D eigenvalue weighted by Gasteiger charge is 2.47. The van der Waals surface area contributed by atoms with Crippen molar-refractivity contribution in [2.75, 3.05) is 43.9 Å². The zero-order chi connectivity index (χ0) is 16.7. The van der Waals surface area contributed by atoms with Crippen LogP contribution < -0.4 is 10.2 Å². The number of halogens is 2. The Bertz CT molecular complexity index is 741. The SMILES string of the molecule is CNc1nccnc1N1C[C@@H]2CN(C)[C@H](c3ccccc3C)[C@@H]2C1.Cl.Cl. The van der Waals surface area contributed by atoms with Gasteiger partial charge in [0.2, 0.25) is 0 Å². The Labute approximate surface area is 168 Å². The minimum atomic E-state index is 0. The molecule has 2 fully saturated rings. The predicted octanol–water partition coefficient (Wildman–Crippen LogP) is 3.41. The summed E-state index contributed by atoms with van der Waals surface area (Å²) in [6, 6.07) is 9.31. The largest absolute Gasteiger partial charge is 0.370 e. The predicted molar refractivity (Wildman–Crippen MR) is 112 cm³/mol. The summed E-state index contributed by atoms with van der Waals surface area (Å²) in [7, 11) is 4.18. The Balaban J connectivity index is 0.00000121. The van der Waals surface area contributed by atoms with Gasteiger partial charge < -0.3 is 10.2 Å². The van der Waals surface area contributed by atoms with Crippen LogP contribution in [0.3, 0.4) is 0 Å². The molecule has 1 aromatic heterocycles. The van der Waals surface area contributed by atoms with Gasteiger partial charge in [0.1, 0.15) is 0 Å². The van der Waals surface area contributed by atoms with Gasteiger partial charge in [-0.2, -0.15) is 0 Å². The number of benzene rings is 1. The van der Waals surface area contributed by atoms with Crippen LogP contribution in [0.2, 0.25) is 0 Å². The smallest absolute Gasteiger partial charge is 0.171 e. The van der Waals surface area contributed by atoms with Gasteiger partial charge >= 0.3 is 0 Å². The lowest BCUT2D eigenvalue weighted by atomic mass is 9.88. The molecule has 26 heavy (non-hydrogen) atoms. The van der Waals surface area contributed by atoms with E-state index >= 15 is 0 Å². The van der Waals surface area contributed by atoms with Crippen molar-refractivity contribution in [3.05, 3.63) is 47.8 Å². The summed E-state index contributed by atoms with van der Waals surface area (Å²) >= 11 is 0. The molecule has 0 unspecified atom stereocenters. The number of aryl methyl sites for hydroxylation is 1. The Morgan fingerprint density at radius 3 is 2.50 bits per heavy atom. The van der Waals surface area contributed by atoms with Crippen LogP contribution in [0.1, 0.15) is 17.2 Å². The summed E-state index contributed by atoms with van der Waals surface area (Å²) in [5.41, 5.74) is 2.87. The molecule has 1 N–H and O–H groups in total. The van der Waals surface area contributed by atoms with E-state index in [0.29, 0.717) is 17.9 Å². The molecule has 5 nitrogen and oxygen atoms in total. The fourth-order valence-corrected chi connectivity index (χ4v) is 4.56. The van der Waals surface area contributed by atoms with Crippen molar-refractivity contribution >= 4 is 36.4 Å². The minimum Gasteiger partial charge on any atom is -0.370 e.